The first kappa shape index (κ1) is 14.2. The molecule has 0 amide bonds. The molecular formula is C13H26N3O+. The Bertz CT molecular complexity index is 299. The number of aliphatic hydroxyl groups is 1. The molecule has 0 aliphatic heterocycles. The maximum absolute atomic E-state index is 9.52. The Morgan fingerprint density at radius 1 is 1.24 bits per heavy atom. The molecule has 1 aromatic rings. The Kier molecular flexibility index (Phi) is 6.86. The number of hydrogen-bond acceptors (Lipinski definition) is 2. The maximum Gasteiger partial charge on any atom is 0.265 e. The second kappa shape index (κ2) is 8.23. The second-order valence-corrected chi connectivity index (χ2v) is 4.68. The number of rotatable bonds is 9. The van der Waals surface area contributed by atoms with E-state index in [4.69, 9.17) is 0 Å². The van der Waals surface area contributed by atoms with E-state index in [2.05, 4.69) is 16.6 Å². The first-order chi connectivity index (χ1) is 8.26. The minimum atomic E-state index is -0.284. The van der Waals surface area contributed by atoms with Crippen LogP contribution < -0.4 is 4.57 Å². The predicted molar refractivity (Wildman–Crippen MR) is 67.5 cm³/mol. The van der Waals surface area contributed by atoms with Gasteiger partial charge in [0.2, 0.25) is 6.33 Å². The molecule has 1 heterocycles. The van der Waals surface area contributed by atoms with E-state index in [9.17, 15) is 5.11 Å². The molecule has 0 aliphatic carbocycles. The van der Waals surface area contributed by atoms with Gasteiger partial charge in [0.05, 0.1) is 12.6 Å². The SMILES string of the molecule is CCCCCCC[n+]1cnn(C[C@@H](O)CC)c1. The summed E-state index contributed by atoms with van der Waals surface area (Å²) < 4.78 is 3.93. The average Bonchev–Trinajstić information content (AvgIpc) is 2.76. The van der Waals surface area contributed by atoms with Gasteiger partial charge in [-0.15, -0.1) is 4.68 Å². The van der Waals surface area contributed by atoms with Crippen LogP contribution in [0.1, 0.15) is 52.4 Å². The summed E-state index contributed by atoms with van der Waals surface area (Å²) in [5.41, 5.74) is 0. The van der Waals surface area contributed by atoms with E-state index in [0.717, 1.165) is 13.0 Å². The fourth-order valence-electron chi connectivity index (χ4n) is 1.82. The summed E-state index contributed by atoms with van der Waals surface area (Å²) in [6.45, 7) is 5.85. The van der Waals surface area contributed by atoms with Crippen LogP contribution in [0.15, 0.2) is 12.7 Å². The monoisotopic (exact) mass is 240 g/mol. The Balaban J connectivity index is 2.21. The van der Waals surface area contributed by atoms with E-state index in [1.54, 1.807) is 0 Å². The van der Waals surface area contributed by atoms with Crippen molar-refractivity contribution in [3.8, 4) is 0 Å². The lowest BCUT2D eigenvalue weighted by atomic mass is 10.1. The zero-order valence-corrected chi connectivity index (χ0v) is 11.2. The third kappa shape index (κ3) is 5.82. The molecule has 1 N–H and O–H groups in total. The molecule has 4 nitrogen and oxygen atoms in total. The average molecular weight is 240 g/mol. The Labute approximate surface area is 104 Å². The molecule has 0 radical (unpaired) electrons. The van der Waals surface area contributed by atoms with Gasteiger partial charge in [0.1, 0.15) is 6.54 Å². The maximum atomic E-state index is 9.52. The molecular weight excluding hydrogens is 214 g/mol. The smallest absolute Gasteiger partial charge is 0.265 e. The van der Waals surface area contributed by atoms with Gasteiger partial charge in [0.15, 0.2) is 0 Å². The van der Waals surface area contributed by atoms with Crippen molar-refractivity contribution < 1.29 is 9.67 Å². The summed E-state index contributed by atoms with van der Waals surface area (Å²) in [6.07, 6.45) is 10.8. The van der Waals surface area contributed by atoms with Crippen LogP contribution in [0, 0.1) is 0 Å². The highest BCUT2D eigenvalue weighted by Gasteiger charge is 2.09. The molecule has 1 atom stereocenters. The van der Waals surface area contributed by atoms with Crippen molar-refractivity contribution in [1.29, 1.82) is 0 Å². The van der Waals surface area contributed by atoms with Crippen molar-refractivity contribution in [2.75, 3.05) is 0 Å². The summed E-state index contributed by atoms with van der Waals surface area (Å²) in [7, 11) is 0. The zero-order valence-electron chi connectivity index (χ0n) is 11.2. The molecule has 1 rings (SSSR count). The summed E-state index contributed by atoms with van der Waals surface area (Å²) >= 11 is 0. The predicted octanol–water partition coefficient (Wildman–Crippen LogP) is 1.91. The lowest BCUT2D eigenvalue weighted by molar-refractivity contribution is -0.698. The highest BCUT2D eigenvalue weighted by atomic mass is 16.3. The molecule has 0 bridgehead atoms. The lowest BCUT2D eigenvalue weighted by Crippen LogP contribution is -2.31. The van der Waals surface area contributed by atoms with Crippen LogP contribution in [0.3, 0.4) is 0 Å². The molecule has 0 spiro atoms. The third-order valence-corrected chi connectivity index (χ3v) is 3.02. The fourth-order valence-corrected chi connectivity index (χ4v) is 1.82. The topological polar surface area (TPSA) is 41.9 Å². The van der Waals surface area contributed by atoms with Gasteiger partial charge in [-0.2, -0.15) is 0 Å². The van der Waals surface area contributed by atoms with Crippen molar-refractivity contribution in [3.63, 3.8) is 0 Å². The summed E-state index contributed by atoms with van der Waals surface area (Å²) in [4.78, 5) is 0. The Morgan fingerprint density at radius 3 is 2.71 bits per heavy atom. The first-order valence-corrected chi connectivity index (χ1v) is 6.85. The van der Waals surface area contributed by atoms with Gasteiger partial charge in [-0.3, -0.25) is 0 Å². The molecule has 0 saturated heterocycles. The summed E-state index contributed by atoms with van der Waals surface area (Å²) in [5, 5.41) is 13.8. The number of unbranched alkanes of at least 4 members (excludes halogenated alkanes) is 4. The van der Waals surface area contributed by atoms with Crippen molar-refractivity contribution >= 4 is 0 Å². The normalized spacial score (nSPS) is 12.9. The third-order valence-electron chi connectivity index (χ3n) is 3.02. The number of aliphatic hydroxyl groups excluding tert-OH is 1. The molecule has 0 unspecified atom stereocenters. The van der Waals surface area contributed by atoms with E-state index in [1.165, 1.54) is 32.1 Å². The van der Waals surface area contributed by atoms with Crippen LogP contribution in [0.4, 0.5) is 0 Å². The van der Waals surface area contributed by atoms with Gasteiger partial charge in [-0.05, 0) is 12.8 Å². The van der Waals surface area contributed by atoms with Gasteiger partial charge in [0.25, 0.3) is 6.33 Å². The van der Waals surface area contributed by atoms with Crippen LogP contribution in [0.5, 0.6) is 0 Å². The lowest BCUT2D eigenvalue weighted by Gasteiger charge is -2.01. The first-order valence-electron chi connectivity index (χ1n) is 6.85. The number of nitrogens with zero attached hydrogens (tertiary/aromatic N) is 3. The van der Waals surface area contributed by atoms with Crippen LogP contribution >= 0.6 is 0 Å². The Morgan fingerprint density at radius 2 is 2.00 bits per heavy atom. The van der Waals surface area contributed by atoms with Crippen molar-refractivity contribution in [2.24, 2.45) is 0 Å². The van der Waals surface area contributed by atoms with E-state index in [0.29, 0.717) is 6.54 Å². The number of hydrogen-bond donors (Lipinski definition) is 1. The molecule has 0 fully saturated rings. The van der Waals surface area contributed by atoms with Crippen molar-refractivity contribution in [2.45, 2.75) is 71.6 Å². The van der Waals surface area contributed by atoms with Gasteiger partial charge in [-0.1, -0.05) is 39.5 Å². The molecule has 0 saturated carbocycles. The van der Waals surface area contributed by atoms with Gasteiger partial charge in [-0.25, -0.2) is 4.57 Å². The molecule has 17 heavy (non-hydrogen) atoms. The minimum Gasteiger partial charge on any atom is -0.390 e. The summed E-state index contributed by atoms with van der Waals surface area (Å²) in [5.74, 6) is 0. The van der Waals surface area contributed by atoms with E-state index in [-0.39, 0.29) is 6.10 Å². The quantitative estimate of drug-likeness (QED) is 0.529. The number of aryl methyl sites for hydroxylation is 1. The highest BCUT2D eigenvalue weighted by molar-refractivity contribution is 4.54. The van der Waals surface area contributed by atoms with Gasteiger partial charge >= 0.3 is 0 Å². The van der Waals surface area contributed by atoms with E-state index < -0.39 is 0 Å². The highest BCUT2D eigenvalue weighted by Crippen LogP contribution is 2.01. The summed E-state index contributed by atoms with van der Waals surface area (Å²) in [6, 6.07) is 0. The molecule has 1 aromatic heterocycles. The van der Waals surface area contributed by atoms with Crippen molar-refractivity contribution in [1.82, 2.24) is 9.78 Å². The van der Waals surface area contributed by atoms with Crippen molar-refractivity contribution in [3.05, 3.63) is 12.7 Å². The van der Waals surface area contributed by atoms with Gasteiger partial charge < -0.3 is 5.11 Å². The largest absolute Gasteiger partial charge is 0.390 e. The van der Waals surface area contributed by atoms with Crippen LogP contribution in [-0.2, 0) is 13.1 Å². The van der Waals surface area contributed by atoms with Crippen LogP contribution in [0.2, 0.25) is 0 Å². The minimum absolute atomic E-state index is 0.284. The van der Waals surface area contributed by atoms with E-state index >= 15 is 0 Å². The van der Waals surface area contributed by atoms with Crippen LogP contribution in [-0.4, -0.2) is 21.0 Å². The molecule has 0 aliphatic rings. The second-order valence-electron chi connectivity index (χ2n) is 4.68. The van der Waals surface area contributed by atoms with Gasteiger partial charge in [0, 0.05) is 5.10 Å². The van der Waals surface area contributed by atoms with E-state index in [1.807, 2.05) is 24.3 Å². The fraction of sp³-hybridized carbons (Fsp3) is 0.846. The Hall–Kier alpha value is -0.900. The standard InChI is InChI=1S/C13H26N3O/c1-3-5-6-7-8-9-15-11-14-16(12-15)10-13(17)4-2/h11-13,17H,3-10H2,1-2H3/q+1/t13-/m0/s1. The number of aromatic nitrogens is 3. The van der Waals surface area contributed by atoms with Crippen LogP contribution in [0.25, 0.3) is 0 Å². The molecule has 4 heteroatoms. The molecule has 0 aromatic carbocycles. The molecule has 98 valence electrons. The zero-order chi connectivity index (χ0) is 12.5.